The number of ether oxygens (including phenoxy) is 1. The van der Waals surface area contributed by atoms with Crippen molar-refractivity contribution < 1.29 is 24.2 Å². The van der Waals surface area contributed by atoms with E-state index in [4.69, 9.17) is 9.84 Å². The van der Waals surface area contributed by atoms with Gasteiger partial charge in [0.05, 0.1) is 22.4 Å². The zero-order valence-corrected chi connectivity index (χ0v) is 15.8. The summed E-state index contributed by atoms with van der Waals surface area (Å²) in [5.74, 6) is -1.07. The number of hydrogen-bond acceptors (Lipinski definition) is 4. The number of aromatic carboxylic acids is 1. The molecule has 3 aromatic carbocycles. The SMILES string of the molecule is Cc1ccc(Oc2ccc3c(c2)C(=O)N(c2cccc(C(=O)O)c2)C3=O)cc1C. The molecule has 2 amide bonds. The number of rotatable bonds is 4. The molecule has 0 saturated heterocycles. The van der Waals surface area contributed by atoms with E-state index in [2.05, 4.69) is 0 Å². The van der Waals surface area contributed by atoms with Crippen molar-refractivity contribution in [1.29, 1.82) is 0 Å². The fourth-order valence-corrected chi connectivity index (χ4v) is 3.21. The van der Waals surface area contributed by atoms with E-state index in [1.54, 1.807) is 12.1 Å². The van der Waals surface area contributed by atoms with Crippen molar-refractivity contribution >= 4 is 23.5 Å². The molecule has 0 aromatic heterocycles. The largest absolute Gasteiger partial charge is 0.478 e. The molecule has 0 fully saturated rings. The lowest BCUT2D eigenvalue weighted by molar-refractivity contribution is 0.0695. The van der Waals surface area contributed by atoms with Gasteiger partial charge in [-0.25, -0.2) is 9.69 Å². The Morgan fingerprint density at radius 1 is 0.828 bits per heavy atom. The summed E-state index contributed by atoms with van der Waals surface area (Å²) >= 11 is 0. The lowest BCUT2D eigenvalue weighted by Gasteiger charge is -2.14. The van der Waals surface area contributed by atoms with E-state index < -0.39 is 17.8 Å². The Kier molecular flexibility index (Phi) is 4.39. The number of nitrogens with zero attached hydrogens (tertiary/aromatic N) is 1. The first-order chi connectivity index (χ1) is 13.8. The number of fused-ring (bicyclic) bond motifs is 1. The lowest BCUT2D eigenvalue weighted by Crippen LogP contribution is -2.29. The molecule has 0 spiro atoms. The molecular weight excluding hydrogens is 370 g/mol. The molecule has 0 atom stereocenters. The van der Waals surface area contributed by atoms with Crippen LogP contribution < -0.4 is 9.64 Å². The normalized spacial score (nSPS) is 12.8. The van der Waals surface area contributed by atoms with Crippen molar-refractivity contribution in [2.45, 2.75) is 13.8 Å². The smallest absolute Gasteiger partial charge is 0.335 e. The number of carbonyl (C=O) groups excluding carboxylic acids is 2. The molecule has 0 saturated carbocycles. The average molecular weight is 387 g/mol. The van der Waals surface area contributed by atoms with Crippen LogP contribution in [0.1, 0.15) is 42.2 Å². The van der Waals surface area contributed by atoms with Crippen LogP contribution in [-0.4, -0.2) is 22.9 Å². The van der Waals surface area contributed by atoms with Gasteiger partial charge in [0.1, 0.15) is 11.5 Å². The number of anilines is 1. The summed E-state index contributed by atoms with van der Waals surface area (Å²) in [4.78, 5) is 37.8. The Labute approximate surface area is 167 Å². The number of hydrogen-bond donors (Lipinski definition) is 1. The Morgan fingerprint density at radius 3 is 2.24 bits per heavy atom. The van der Waals surface area contributed by atoms with Crippen molar-refractivity contribution in [2.24, 2.45) is 0 Å². The first-order valence-corrected chi connectivity index (χ1v) is 8.96. The van der Waals surface area contributed by atoms with Gasteiger partial charge in [0.2, 0.25) is 0 Å². The van der Waals surface area contributed by atoms with Crippen LogP contribution in [-0.2, 0) is 0 Å². The number of imide groups is 1. The fourth-order valence-electron chi connectivity index (χ4n) is 3.21. The second-order valence-corrected chi connectivity index (χ2v) is 6.86. The third-order valence-corrected chi connectivity index (χ3v) is 4.92. The number of benzene rings is 3. The summed E-state index contributed by atoms with van der Waals surface area (Å²) < 4.78 is 5.85. The number of amides is 2. The molecule has 0 radical (unpaired) electrons. The monoisotopic (exact) mass is 387 g/mol. The van der Waals surface area contributed by atoms with E-state index >= 15 is 0 Å². The van der Waals surface area contributed by atoms with Crippen LogP contribution in [0.4, 0.5) is 5.69 Å². The zero-order chi connectivity index (χ0) is 20.7. The van der Waals surface area contributed by atoms with E-state index in [0.717, 1.165) is 16.0 Å². The highest BCUT2D eigenvalue weighted by Crippen LogP contribution is 2.33. The summed E-state index contributed by atoms with van der Waals surface area (Å²) in [5.41, 5.74) is 2.91. The van der Waals surface area contributed by atoms with Crippen LogP contribution in [0.25, 0.3) is 0 Å². The van der Waals surface area contributed by atoms with Crippen molar-refractivity contribution in [3.63, 3.8) is 0 Å². The van der Waals surface area contributed by atoms with Crippen molar-refractivity contribution in [1.82, 2.24) is 0 Å². The van der Waals surface area contributed by atoms with Crippen LogP contribution in [0.3, 0.4) is 0 Å². The zero-order valence-electron chi connectivity index (χ0n) is 15.8. The van der Waals surface area contributed by atoms with Gasteiger partial charge in [-0.1, -0.05) is 12.1 Å². The van der Waals surface area contributed by atoms with Gasteiger partial charge in [-0.2, -0.15) is 0 Å². The summed E-state index contributed by atoms with van der Waals surface area (Å²) in [6.45, 7) is 3.99. The minimum Gasteiger partial charge on any atom is -0.478 e. The quantitative estimate of drug-likeness (QED) is 0.662. The maximum absolute atomic E-state index is 12.9. The van der Waals surface area contributed by atoms with Gasteiger partial charge in [-0.05, 0) is 73.5 Å². The van der Waals surface area contributed by atoms with Gasteiger partial charge in [0.25, 0.3) is 11.8 Å². The number of carbonyl (C=O) groups is 3. The molecule has 0 aliphatic carbocycles. The fraction of sp³-hybridized carbons (Fsp3) is 0.0870. The molecular formula is C23H17NO5. The number of aryl methyl sites for hydroxylation is 2. The Morgan fingerprint density at radius 2 is 1.52 bits per heavy atom. The summed E-state index contributed by atoms with van der Waals surface area (Å²) in [6, 6.07) is 16.1. The van der Waals surface area contributed by atoms with Gasteiger partial charge in [-0.15, -0.1) is 0 Å². The van der Waals surface area contributed by atoms with Gasteiger partial charge in [0, 0.05) is 0 Å². The predicted octanol–water partition coefficient (Wildman–Crippen LogP) is 4.59. The molecule has 6 nitrogen and oxygen atoms in total. The average Bonchev–Trinajstić information content (AvgIpc) is 2.95. The highest BCUT2D eigenvalue weighted by Gasteiger charge is 2.37. The van der Waals surface area contributed by atoms with E-state index in [-0.39, 0.29) is 22.4 Å². The third-order valence-electron chi connectivity index (χ3n) is 4.92. The maximum Gasteiger partial charge on any atom is 0.335 e. The Bertz CT molecular complexity index is 1180. The number of carboxylic acids is 1. The topological polar surface area (TPSA) is 83.9 Å². The molecule has 0 bridgehead atoms. The number of carboxylic acid groups (broad SMARTS) is 1. The maximum atomic E-state index is 12.9. The van der Waals surface area contributed by atoms with Crippen LogP contribution in [0.5, 0.6) is 11.5 Å². The standard InChI is InChI=1S/C23H17NO5/c1-13-6-7-17(10-14(13)2)29-18-8-9-19-20(12-18)22(26)24(21(19)25)16-5-3-4-15(11-16)23(27)28/h3-12H,1-2H3,(H,27,28). The second-order valence-electron chi connectivity index (χ2n) is 6.86. The molecule has 3 aromatic rings. The molecule has 1 aliphatic heterocycles. The van der Waals surface area contributed by atoms with E-state index in [1.165, 1.54) is 30.3 Å². The van der Waals surface area contributed by atoms with Gasteiger partial charge < -0.3 is 9.84 Å². The molecule has 1 aliphatic rings. The Hall–Kier alpha value is -3.93. The van der Waals surface area contributed by atoms with Gasteiger partial charge >= 0.3 is 5.97 Å². The molecule has 6 heteroatoms. The minimum atomic E-state index is -1.13. The van der Waals surface area contributed by atoms with Gasteiger partial charge in [-0.3, -0.25) is 9.59 Å². The van der Waals surface area contributed by atoms with Crippen LogP contribution in [0.2, 0.25) is 0 Å². The highest BCUT2D eigenvalue weighted by atomic mass is 16.5. The summed E-state index contributed by atoms with van der Waals surface area (Å²) in [5, 5.41) is 9.17. The van der Waals surface area contributed by atoms with Gasteiger partial charge in [0.15, 0.2) is 0 Å². The van der Waals surface area contributed by atoms with Crippen LogP contribution in [0.15, 0.2) is 60.7 Å². The first-order valence-electron chi connectivity index (χ1n) is 8.96. The van der Waals surface area contributed by atoms with E-state index in [0.29, 0.717) is 11.5 Å². The minimum absolute atomic E-state index is 0.00202. The lowest BCUT2D eigenvalue weighted by atomic mass is 10.1. The highest BCUT2D eigenvalue weighted by molar-refractivity contribution is 6.34. The van der Waals surface area contributed by atoms with Crippen molar-refractivity contribution in [2.75, 3.05) is 4.90 Å². The molecule has 1 heterocycles. The van der Waals surface area contributed by atoms with Crippen LogP contribution >= 0.6 is 0 Å². The predicted molar refractivity (Wildman–Crippen MR) is 107 cm³/mol. The summed E-state index contributed by atoms with van der Waals surface area (Å²) in [7, 11) is 0. The Balaban J connectivity index is 1.66. The molecule has 4 rings (SSSR count). The van der Waals surface area contributed by atoms with Crippen molar-refractivity contribution in [3.8, 4) is 11.5 Å². The third kappa shape index (κ3) is 3.25. The molecule has 144 valence electrons. The second kappa shape index (κ2) is 6.91. The molecule has 29 heavy (non-hydrogen) atoms. The molecule has 1 N–H and O–H groups in total. The van der Waals surface area contributed by atoms with Crippen molar-refractivity contribution in [3.05, 3.63) is 88.5 Å². The van der Waals surface area contributed by atoms with E-state index in [9.17, 15) is 14.4 Å². The first kappa shape index (κ1) is 18.4. The van der Waals surface area contributed by atoms with Crippen LogP contribution in [0, 0.1) is 13.8 Å². The van der Waals surface area contributed by atoms with E-state index in [1.807, 2.05) is 32.0 Å². The molecule has 0 unspecified atom stereocenters. The summed E-state index contributed by atoms with van der Waals surface area (Å²) in [6.07, 6.45) is 0.